The number of hydrogen-bond donors (Lipinski definition) is 1. The van der Waals surface area contributed by atoms with Crippen molar-refractivity contribution < 1.29 is 4.79 Å². The van der Waals surface area contributed by atoms with E-state index in [0.29, 0.717) is 31.1 Å². The molecule has 0 saturated heterocycles. The lowest BCUT2D eigenvalue weighted by molar-refractivity contribution is -0.120. The Kier molecular flexibility index (Phi) is 4.42. The van der Waals surface area contributed by atoms with Crippen molar-refractivity contribution in [2.45, 2.75) is 39.8 Å². The van der Waals surface area contributed by atoms with Crippen LogP contribution in [-0.2, 0) is 17.9 Å². The summed E-state index contributed by atoms with van der Waals surface area (Å²) in [6, 6.07) is 0. The number of hydrogen-bond acceptors (Lipinski definition) is 4. The third kappa shape index (κ3) is 4.20. The Balaban J connectivity index is 2.37. The van der Waals surface area contributed by atoms with Crippen molar-refractivity contribution in [2.24, 2.45) is 11.7 Å². The standard InChI is InChI=1S/C10H18N4O/c1-8(2)3-4-10(15)7-14-6-9(5-11)12-13-14/h6,8H,3-5,7,11H2,1-2H3. The smallest absolute Gasteiger partial charge is 0.154 e. The highest BCUT2D eigenvalue weighted by atomic mass is 16.1. The van der Waals surface area contributed by atoms with Gasteiger partial charge in [0.25, 0.3) is 0 Å². The van der Waals surface area contributed by atoms with Crippen LogP contribution < -0.4 is 5.73 Å². The second kappa shape index (κ2) is 5.60. The average Bonchev–Trinajstić information content (AvgIpc) is 2.62. The van der Waals surface area contributed by atoms with E-state index in [1.54, 1.807) is 10.9 Å². The summed E-state index contributed by atoms with van der Waals surface area (Å²) in [5.41, 5.74) is 6.11. The number of carbonyl (C=O) groups excluding carboxylic acids is 1. The quantitative estimate of drug-likeness (QED) is 0.751. The molecule has 0 radical (unpaired) electrons. The zero-order chi connectivity index (χ0) is 11.3. The first-order valence-electron chi connectivity index (χ1n) is 5.22. The van der Waals surface area contributed by atoms with Gasteiger partial charge in [0.15, 0.2) is 5.78 Å². The van der Waals surface area contributed by atoms with Crippen LogP contribution in [0.3, 0.4) is 0 Å². The first-order valence-corrected chi connectivity index (χ1v) is 5.22. The molecule has 1 heterocycles. The molecular formula is C10H18N4O. The van der Waals surface area contributed by atoms with E-state index < -0.39 is 0 Å². The van der Waals surface area contributed by atoms with Gasteiger partial charge in [-0.15, -0.1) is 5.10 Å². The van der Waals surface area contributed by atoms with Crippen LogP contribution in [0.15, 0.2) is 6.20 Å². The van der Waals surface area contributed by atoms with Crippen LogP contribution in [0, 0.1) is 5.92 Å². The molecule has 0 aliphatic rings. The van der Waals surface area contributed by atoms with Gasteiger partial charge in [-0.05, 0) is 12.3 Å². The minimum absolute atomic E-state index is 0.192. The van der Waals surface area contributed by atoms with Crippen molar-refractivity contribution >= 4 is 5.78 Å². The molecule has 0 amide bonds. The van der Waals surface area contributed by atoms with Crippen LogP contribution in [0.4, 0.5) is 0 Å². The van der Waals surface area contributed by atoms with E-state index in [4.69, 9.17) is 5.73 Å². The molecule has 0 spiro atoms. The van der Waals surface area contributed by atoms with Crippen LogP contribution in [0.25, 0.3) is 0 Å². The average molecular weight is 210 g/mol. The predicted molar refractivity (Wildman–Crippen MR) is 57.0 cm³/mol. The summed E-state index contributed by atoms with van der Waals surface area (Å²) in [6.45, 7) is 4.88. The first-order chi connectivity index (χ1) is 7.11. The van der Waals surface area contributed by atoms with Crippen LogP contribution in [0.5, 0.6) is 0 Å². The maximum absolute atomic E-state index is 11.5. The van der Waals surface area contributed by atoms with E-state index >= 15 is 0 Å². The van der Waals surface area contributed by atoms with Crippen molar-refractivity contribution in [3.05, 3.63) is 11.9 Å². The number of ketones is 1. The largest absolute Gasteiger partial charge is 0.325 e. The summed E-state index contributed by atoms with van der Waals surface area (Å²) in [5.74, 6) is 0.751. The zero-order valence-corrected chi connectivity index (χ0v) is 9.31. The molecule has 1 aromatic heterocycles. The lowest BCUT2D eigenvalue weighted by Gasteiger charge is -2.03. The van der Waals surface area contributed by atoms with Crippen molar-refractivity contribution in [1.82, 2.24) is 15.0 Å². The molecule has 5 nitrogen and oxygen atoms in total. The molecule has 0 fully saturated rings. The Hall–Kier alpha value is -1.23. The highest BCUT2D eigenvalue weighted by Gasteiger charge is 2.06. The summed E-state index contributed by atoms with van der Waals surface area (Å²) in [7, 11) is 0. The maximum Gasteiger partial charge on any atom is 0.154 e. The maximum atomic E-state index is 11.5. The fourth-order valence-corrected chi connectivity index (χ4v) is 1.22. The van der Waals surface area contributed by atoms with Gasteiger partial charge in [-0.1, -0.05) is 19.1 Å². The normalized spacial score (nSPS) is 10.9. The van der Waals surface area contributed by atoms with Gasteiger partial charge in [0, 0.05) is 13.0 Å². The van der Waals surface area contributed by atoms with E-state index in [1.807, 2.05) is 0 Å². The molecule has 0 aromatic carbocycles. The lowest BCUT2D eigenvalue weighted by Crippen LogP contribution is -2.11. The summed E-state index contributed by atoms with van der Waals surface area (Å²) < 4.78 is 1.55. The van der Waals surface area contributed by atoms with Crippen molar-refractivity contribution in [2.75, 3.05) is 0 Å². The molecule has 2 N–H and O–H groups in total. The van der Waals surface area contributed by atoms with Gasteiger partial charge < -0.3 is 5.73 Å². The lowest BCUT2D eigenvalue weighted by atomic mass is 10.1. The van der Waals surface area contributed by atoms with Gasteiger partial charge in [-0.3, -0.25) is 4.79 Å². The number of aromatic nitrogens is 3. The monoisotopic (exact) mass is 210 g/mol. The third-order valence-electron chi connectivity index (χ3n) is 2.13. The molecule has 0 aliphatic heterocycles. The highest BCUT2D eigenvalue weighted by molar-refractivity contribution is 5.78. The third-order valence-corrected chi connectivity index (χ3v) is 2.13. The molecule has 5 heteroatoms. The van der Waals surface area contributed by atoms with E-state index in [-0.39, 0.29) is 5.78 Å². The molecule has 1 rings (SSSR count). The van der Waals surface area contributed by atoms with Gasteiger partial charge in [-0.25, -0.2) is 4.68 Å². The topological polar surface area (TPSA) is 73.8 Å². The second-order valence-corrected chi connectivity index (χ2v) is 4.08. The summed E-state index contributed by atoms with van der Waals surface area (Å²) in [6.07, 6.45) is 3.25. The predicted octanol–water partition coefficient (Wildman–Crippen LogP) is 0.742. The first kappa shape index (κ1) is 11.8. The Bertz CT molecular complexity index is 319. The van der Waals surface area contributed by atoms with Crippen LogP contribution >= 0.6 is 0 Å². The van der Waals surface area contributed by atoms with Gasteiger partial charge in [0.1, 0.15) is 6.54 Å². The van der Waals surface area contributed by atoms with Gasteiger partial charge in [-0.2, -0.15) is 0 Å². The molecule has 0 unspecified atom stereocenters. The van der Waals surface area contributed by atoms with Crippen molar-refractivity contribution in [3.8, 4) is 0 Å². The Morgan fingerprint density at radius 3 is 2.87 bits per heavy atom. The van der Waals surface area contributed by atoms with E-state index in [0.717, 1.165) is 6.42 Å². The molecule has 0 atom stereocenters. The SMILES string of the molecule is CC(C)CCC(=O)Cn1cc(CN)nn1. The number of carbonyl (C=O) groups is 1. The molecule has 0 aliphatic carbocycles. The number of nitrogens with zero attached hydrogens (tertiary/aromatic N) is 3. The molecule has 0 saturated carbocycles. The molecular weight excluding hydrogens is 192 g/mol. The van der Waals surface area contributed by atoms with Crippen LogP contribution in [0.2, 0.25) is 0 Å². The van der Waals surface area contributed by atoms with E-state index in [1.165, 1.54) is 0 Å². The van der Waals surface area contributed by atoms with E-state index in [2.05, 4.69) is 24.2 Å². The Labute approximate surface area is 89.6 Å². The fraction of sp³-hybridized carbons (Fsp3) is 0.700. The summed E-state index contributed by atoms with van der Waals surface area (Å²) >= 11 is 0. The number of rotatable bonds is 6. The molecule has 0 bridgehead atoms. The Morgan fingerprint density at radius 2 is 2.33 bits per heavy atom. The summed E-state index contributed by atoms with van der Waals surface area (Å²) in [4.78, 5) is 11.5. The fourth-order valence-electron chi connectivity index (χ4n) is 1.22. The molecule has 84 valence electrons. The molecule has 15 heavy (non-hydrogen) atoms. The van der Waals surface area contributed by atoms with Gasteiger partial charge in [0.2, 0.25) is 0 Å². The number of nitrogens with two attached hydrogens (primary N) is 1. The van der Waals surface area contributed by atoms with Gasteiger partial charge >= 0.3 is 0 Å². The molecule has 1 aromatic rings. The van der Waals surface area contributed by atoms with Crippen LogP contribution in [-0.4, -0.2) is 20.8 Å². The number of Topliss-reactive ketones (excluding diaryl/α,β-unsaturated/α-hetero) is 1. The second-order valence-electron chi connectivity index (χ2n) is 4.08. The van der Waals surface area contributed by atoms with Gasteiger partial charge in [0.05, 0.1) is 11.9 Å². The van der Waals surface area contributed by atoms with Crippen molar-refractivity contribution in [1.29, 1.82) is 0 Å². The van der Waals surface area contributed by atoms with E-state index in [9.17, 15) is 4.79 Å². The summed E-state index contributed by atoms with van der Waals surface area (Å²) in [5, 5.41) is 7.64. The van der Waals surface area contributed by atoms with Crippen LogP contribution in [0.1, 0.15) is 32.4 Å². The zero-order valence-electron chi connectivity index (χ0n) is 9.31. The minimum atomic E-state index is 0.192. The van der Waals surface area contributed by atoms with Crippen molar-refractivity contribution in [3.63, 3.8) is 0 Å². The minimum Gasteiger partial charge on any atom is -0.325 e. The highest BCUT2D eigenvalue weighted by Crippen LogP contribution is 2.04. The Morgan fingerprint density at radius 1 is 1.60 bits per heavy atom.